The van der Waals surface area contributed by atoms with E-state index < -0.39 is 0 Å². The molecule has 0 aliphatic carbocycles. The molecule has 4 heteroatoms. The van der Waals surface area contributed by atoms with Crippen LogP contribution in [0.2, 0.25) is 0 Å². The van der Waals surface area contributed by atoms with Crippen LogP contribution in [0.3, 0.4) is 0 Å². The van der Waals surface area contributed by atoms with Gasteiger partial charge >= 0.3 is 0 Å². The Kier molecular flexibility index (Phi) is 2.15. The molecule has 0 N–H and O–H groups in total. The summed E-state index contributed by atoms with van der Waals surface area (Å²) in [6.45, 7) is 0. The van der Waals surface area contributed by atoms with Crippen LogP contribution in [-0.2, 0) is 0 Å². The van der Waals surface area contributed by atoms with Gasteiger partial charge in [-0.1, -0.05) is 12.1 Å². The topological polar surface area (TPSA) is 73.4 Å². The zero-order chi connectivity index (χ0) is 12.5. The van der Waals surface area contributed by atoms with Gasteiger partial charge in [-0.25, -0.2) is 0 Å². The first kappa shape index (κ1) is 10.2. The molecule has 3 aromatic rings. The number of hydrogen-bond donors (Lipinski definition) is 0. The molecule has 0 bridgehead atoms. The van der Waals surface area contributed by atoms with Crippen molar-refractivity contribution in [3.63, 3.8) is 0 Å². The monoisotopic (exact) mass is 230 g/mol. The third-order valence-electron chi connectivity index (χ3n) is 2.86. The lowest BCUT2D eigenvalue weighted by Crippen LogP contribution is -1.89. The average molecular weight is 230 g/mol. The maximum Gasteiger partial charge on any atom is 0.0999 e. The van der Waals surface area contributed by atoms with E-state index in [-0.39, 0.29) is 0 Å². The summed E-state index contributed by atoms with van der Waals surface area (Å²) in [5, 5.41) is 19.6. The average Bonchev–Trinajstić information content (AvgIpc) is 2.45. The molecule has 4 nitrogen and oxygen atoms in total. The number of hydrogen-bond acceptors (Lipinski definition) is 4. The summed E-state index contributed by atoms with van der Waals surface area (Å²) in [7, 11) is 0. The molecule has 3 rings (SSSR count). The van der Waals surface area contributed by atoms with Gasteiger partial charge in [-0.15, -0.1) is 0 Å². The molecule has 0 spiro atoms. The summed E-state index contributed by atoms with van der Waals surface area (Å²) in [6, 6.07) is 11.2. The van der Waals surface area contributed by atoms with Crippen LogP contribution in [0.1, 0.15) is 11.1 Å². The van der Waals surface area contributed by atoms with Gasteiger partial charge in [0.25, 0.3) is 0 Å². The Bertz CT molecular complexity index is 780. The van der Waals surface area contributed by atoms with E-state index in [4.69, 9.17) is 10.5 Å². The van der Waals surface area contributed by atoms with E-state index in [1.807, 2.05) is 12.1 Å². The maximum atomic E-state index is 9.06. The summed E-state index contributed by atoms with van der Waals surface area (Å²) in [4.78, 5) is 8.54. The van der Waals surface area contributed by atoms with E-state index in [9.17, 15) is 0 Å². The minimum Gasteiger partial charge on any atom is -0.254 e. The molecule has 0 unspecified atom stereocenters. The number of pyridine rings is 2. The van der Waals surface area contributed by atoms with Gasteiger partial charge < -0.3 is 0 Å². The number of nitrogens with zero attached hydrogens (tertiary/aromatic N) is 4. The Morgan fingerprint density at radius 3 is 1.56 bits per heavy atom. The first-order valence-electron chi connectivity index (χ1n) is 5.32. The van der Waals surface area contributed by atoms with Crippen molar-refractivity contribution in [2.75, 3.05) is 0 Å². The van der Waals surface area contributed by atoms with Gasteiger partial charge in [-0.05, 0) is 12.1 Å². The van der Waals surface area contributed by atoms with Crippen molar-refractivity contribution in [2.24, 2.45) is 0 Å². The predicted octanol–water partition coefficient (Wildman–Crippen LogP) is 2.53. The largest absolute Gasteiger partial charge is 0.254 e. The SMILES string of the molecule is N#Cc1ccnc2c1ccc1c(C#N)ccnc12. The smallest absolute Gasteiger partial charge is 0.0999 e. The highest BCUT2D eigenvalue weighted by atomic mass is 14.7. The zero-order valence-electron chi connectivity index (χ0n) is 9.25. The summed E-state index contributed by atoms with van der Waals surface area (Å²) in [5.41, 5.74) is 2.43. The molecule has 0 amide bonds. The number of aromatic nitrogens is 2. The van der Waals surface area contributed by atoms with Gasteiger partial charge in [-0.3, -0.25) is 9.97 Å². The Labute approximate surface area is 103 Å². The number of fused-ring (bicyclic) bond motifs is 3. The molecular weight excluding hydrogens is 224 g/mol. The molecule has 82 valence electrons. The van der Waals surface area contributed by atoms with Crippen LogP contribution in [0.5, 0.6) is 0 Å². The molecule has 18 heavy (non-hydrogen) atoms. The maximum absolute atomic E-state index is 9.06. The molecule has 0 fully saturated rings. The predicted molar refractivity (Wildman–Crippen MR) is 66.5 cm³/mol. The molecular formula is C14H6N4. The second-order valence-corrected chi connectivity index (χ2v) is 3.80. The van der Waals surface area contributed by atoms with Gasteiger partial charge in [0.05, 0.1) is 34.3 Å². The highest BCUT2D eigenvalue weighted by molar-refractivity contribution is 6.06. The van der Waals surface area contributed by atoms with Crippen molar-refractivity contribution < 1.29 is 0 Å². The summed E-state index contributed by atoms with van der Waals surface area (Å²) in [5.74, 6) is 0. The number of rotatable bonds is 0. The standard InChI is InChI=1S/C14H6N4/c15-7-9-3-5-17-13-11(9)1-2-12-10(8-16)4-6-18-14(12)13/h1-6H. The van der Waals surface area contributed by atoms with E-state index in [0.29, 0.717) is 22.2 Å². The molecule has 2 heterocycles. The van der Waals surface area contributed by atoms with Gasteiger partial charge in [-0.2, -0.15) is 10.5 Å². The van der Waals surface area contributed by atoms with Crippen molar-refractivity contribution in [1.29, 1.82) is 10.5 Å². The van der Waals surface area contributed by atoms with E-state index in [0.717, 1.165) is 10.8 Å². The first-order chi connectivity index (χ1) is 8.85. The number of benzene rings is 1. The summed E-state index contributed by atoms with van der Waals surface area (Å²) in [6.07, 6.45) is 3.17. The third-order valence-corrected chi connectivity index (χ3v) is 2.86. The van der Waals surface area contributed by atoms with Crippen LogP contribution in [0.25, 0.3) is 21.8 Å². The van der Waals surface area contributed by atoms with Crippen molar-refractivity contribution in [2.45, 2.75) is 0 Å². The molecule has 0 atom stereocenters. The van der Waals surface area contributed by atoms with Crippen molar-refractivity contribution in [1.82, 2.24) is 9.97 Å². The Morgan fingerprint density at radius 2 is 1.17 bits per heavy atom. The quantitative estimate of drug-likeness (QED) is 0.556. The Morgan fingerprint density at radius 1 is 0.722 bits per heavy atom. The minimum absolute atomic E-state index is 0.561. The lowest BCUT2D eigenvalue weighted by molar-refractivity contribution is 1.35. The normalized spacial score (nSPS) is 10.1. The minimum atomic E-state index is 0.561. The molecule has 0 saturated carbocycles. The first-order valence-corrected chi connectivity index (χ1v) is 5.32. The van der Waals surface area contributed by atoms with Crippen molar-refractivity contribution >= 4 is 21.8 Å². The van der Waals surface area contributed by atoms with Crippen molar-refractivity contribution in [3.8, 4) is 12.1 Å². The zero-order valence-corrected chi connectivity index (χ0v) is 9.25. The van der Waals surface area contributed by atoms with Crippen LogP contribution in [-0.4, -0.2) is 9.97 Å². The van der Waals surface area contributed by atoms with Crippen LogP contribution in [0, 0.1) is 22.7 Å². The van der Waals surface area contributed by atoms with Gasteiger partial charge in [0.1, 0.15) is 0 Å². The van der Waals surface area contributed by atoms with Crippen LogP contribution in [0.4, 0.5) is 0 Å². The molecule has 2 aromatic heterocycles. The van der Waals surface area contributed by atoms with E-state index in [1.54, 1.807) is 24.5 Å². The van der Waals surface area contributed by atoms with E-state index >= 15 is 0 Å². The van der Waals surface area contributed by atoms with Gasteiger partial charge in [0.2, 0.25) is 0 Å². The van der Waals surface area contributed by atoms with E-state index in [1.165, 1.54) is 0 Å². The lowest BCUT2D eigenvalue weighted by Gasteiger charge is -2.04. The van der Waals surface area contributed by atoms with Gasteiger partial charge in [0.15, 0.2) is 0 Å². The van der Waals surface area contributed by atoms with Crippen molar-refractivity contribution in [3.05, 3.63) is 47.8 Å². The summed E-state index contributed by atoms with van der Waals surface area (Å²) < 4.78 is 0. The molecule has 0 aliphatic rings. The fourth-order valence-electron chi connectivity index (χ4n) is 2.02. The second kappa shape index (κ2) is 3.80. The summed E-state index contributed by atoms with van der Waals surface area (Å²) >= 11 is 0. The lowest BCUT2D eigenvalue weighted by atomic mass is 10.0. The second-order valence-electron chi connectivity index (χ2n) is 3.80. The van der Waals surface area contributed by atoms with E-state index in [2.05, 4.69) is 22.1 Å². The molecule has 0 radical (unpaired) electrons. The van der Waals surface area contributed by atoms with Crippen LogP contribution < -0.4 is 0 Å². The van der Waals surface area contributed by atoms with Crippen LogP contribution in [0.15, 0.2) is 36.7 Å². The molecule has 0 saturated heterocycles. The van der Waals surface area contributed by atoms with Crippen LogP contribution >= 0.6 is 0 Å². The number of nitriles is 2. The molecule has 1 aromatic carbocycles. The molecule has 0 aliphatic heterocycles. The Hall–Kier alpha value is -2.98. The fraction of sp³-hybridized carbons (Fsp3) is 0. The highest BCUT2D eigenvalue weighted by Crippen LogP contribution is 2.25. The third kappa shape index (κ3) is 1.30. The highest BCUT2D eigenvalue weighted by Gasteiger charge is 2.08. The Balaban J connectivity index is 2.57. The van der Waals surface area contributed by atoms with Gasteiger partial charge in [0, 0.05) is 23.2 Å². The fourth-order valence-corrected chi connectivity index (χ4v) is 2.02.